The number of benzene rings is 1. The number of nitrogens with one attached hydrogen (secondary N) is 3. The number of aromatic amines is 1. The molecule has 3 rings (SSSR count). The van der Waals surface area contributed by atoms with E-state index in [-0.39, 0.29) is 5.03 Å². The van der Waals surface area contributed by atoms with Gasteiger partial charge in [0.2, 0.25) is 0 Å². The Morgan fingerprint density at radius 2 is 2.16 bits per heavy atom. The zero-order chi connectivity index (χ0) is 13.3. The Bertz CT molecular complexity index is 680. The number of anilines is 1. The second-order valence-corrected chi connectivity index (χ2v) is 6.05. The van der Waals surface area contributed by atoms with Crippen LogP contribution in [0.3, 0.4) is 0 Å². The van der Waals surface area contributed by atoms with Crippen molar-refractivity contribution in [1.82, 2.24) is 15.5 Å². The summed E-state index contributed by atoms with van der Waals surface area (Å²) in [5.41, 5.74) is 2.84. The summed E-state index contributed by atoms with van der Waals surface area (Å²) < 4.78 is 26.9. The van der Waals surface area contributed by atoms with Gasteiger partial charge in [-0.1, -0.05) is 12.1 Å². The lowest BCUT2D eigenvalue weighted by molar-refractivity contribution is 0.596. The number of hydrogen-bond donors (Lipinski definition) is 3. The Morgan fingerprint density at radius 3 is 2.95 bits per heavy atom. The molecule has 0 saturated carbocycles. The van der Waals surface area contributed by atoms with Crippen molar-refractivity contribution in [3.63, 3.8) is 0 Å². The molecule has 1 aliphatic heterocycles. The van der Waals surface area contributed by atoms with Crippen molar-refractivity contribution in [2.45, 2.75) is 18.0 Å². The molecule has 1 aromatic heterocycles. The number of fused-ring (bicyclic) bond motifs is 1. The van der Waals surface area contributed by atoms with E-state index in [9.17, 15) is 8.42 Å². The summed E-state index contributed by atoms with van der Waals surface area (Å²) in [7, 11) is -3.59. The summed E-state index contributed by atoms with van der Waals surface area (Å²) in [5, 5.41) is 9.46. The molecule has 0 aliphatic carbocycles. The van der Waals surface area contributed by atoms with E-state index in [1.54, 1.807) is 6.07 Å². The molecule has 0 amide bonds. The quantitative estimate of drug-likeness (QED) is 0.777. The zero-order valence-corrected chi connectivity index (χ0v) is 11.0. The fourth-order valence-electron chi connectivity index (χ4n) is 2.22. The highest BCUT2D eigenvalue weighted by atomic mass is 32.2. The number of aromatic nitrogens is 2. The fourth-order valence-corrected chi connectivity index (χ4v) is 3.22. The third kappa shape index (κ3) is 2.34. The SMILES string of the molecule is O=S(=O)(Nc1cccc2c1CCNC2)c1ccn[nH]1. The maximum absolute atomic E-state index is 12.2. The highest BCUT2D eigenvalue weighted by molar-refractivity contribution is 7.92. The minimum atomic E-state index is -3.59. The number of nitrogens with zero attached hydrogens (tertiary/aromatic N) is 1. The third-order valence-electron chi connectivity index (χ3n) is 3.15. The molecule has 0 radical (unpaired) electrons. The molecular formula is C12H14N4O2S. The highest BCUT2D eigenvalue weighted by Crippen LogP contribution is 2.25. The average Bonchev–Trinajstić information content (AvgIpc) is 2.93. The molecule has 0 fully saturated rings. The molecule has 3 N–H and O–H groups in total. The van der Waals surface area contributed by atoms with Gasteiger partial charge >= 0.3 is 0 Å². The lowest BCUT2D eigenvalue weighted by Crippen LogP contribution is -2.25. The van der Waals surface area contributed by atoms with Gasteiger partial charge in [0.1, 0.15) is 0 Å². The predicted molar refractivity (Wildman–Crippen MR) is 71.2 cm³/mol. The van der Waals surface area contributed by atoms with E-state index in [0.29, 0.717) is 5.69 Å². The molecule has 0 atom stereocenters. The smallest absolute Gasteiger partial charge is 0.278 e. The van der Waals surface area contributed by atoms with Crippen LogP contribution in [0.25, 0.3) is 0 Å². The highest BCUT2D eigenvalue weighted by Gasteiger charge is 2.19. The van der Waals surface area contributed by atoms with Crippen LogP contribution >= 0.6 is 0 Å². The first-order valence-corrected chi connectivity index (χ1v) is 7.49. The zero-order valence-electron chi connectivity index (χ0n) is 10.2. The van der Waals surface area contributed by atoms with E-state index >= 15 is 0 Å². The van der Waals surface area contributed by atoms with Crippen LogP contribution in [0.2, 0.25) is 0 Å². The lowest BCUT2D eigenvalue weighted by atomic mass is 9.99. The standard InChI is InChI=1S/C12H14N4O2S/c17-19(18,12-5-7-14-15-12)16-11-3-1-2-9-8-13-6-4-10(9)11/h1-3,5,7,13,16H,4,6,8H2,(H,14,15). The second kappa shape index (κ2) is 4.67. The van der Waals surface area contributed by atoms with Crippen molar-refractivity contribution < 1.29 is 8.42 Å². The van der Waals surface area contributed by atoms with Gasteiger partial charge in [-0.3, -0.25) is 9.82 Å². The molecule has 7 heteroatoms. The summed E-state index contributed by atoms with van der Waals surface area (Å²) >= 11 is 0. The average molecular weight is 278 g/mol. The second-order valence-electron chi connectivity index (χ2n) is 4.40. The van der Waals surface area contributed by atoms with Crippen molar-refractivity contribution in [3.05, 3.63) is 41.6 Å². The van der Waals surface area contributed by atoms with Crippen LogP contribution in [0.4, 0.5) is 5.69 Å². The molecule has 0 bridgehead atoms. The Morgan fingerprint density at radius 1 is 1.26 bits per heavy atom. The predicted octanol–water partition coefficient (Wildman–Crippen LogP) is 0.856. The van der Waals surface area contributed by atoms with Gasteiger partial charge in [-0.05, 0) is 36.2 Å². The summed E-state index contributed by atoms with van der Waals surface area (Å²) in [4.78, 5) is 0. The van der Waals surface area contributed by atoms with E-state index in [2.05, 4.69) is 20.2 Å². The molecule has 2 heterocycles. The molecule has 19 heavy (non-hydrogen) atoms. The van der Waals surface area contributed by atoms with E-state index in [4.69, 9.17) is 0 Å². The normalized spacial score (nSPS) is 14.9. The molecule has 0 spiro atoms. The van der Waals surface area contributed by atoms with Crippen LogP contribution in [0, 0.1) is 0 Å². The van der Waals surface area contributed by atoms with Crippen molar-refractivity contribution in [2.24, 2.45) is 0 Å². The first-order valence-electron chi connectivity index (χ1n) is 6.00. The largest absolute Gasteiger partial charge is 0.312 e. The lowest BCUT2D eigenvalue weighted by Gasteiger charge is -2.20. The third-order valence-corrected chi connectivity index (χ3v) is 4.44. The van der Waals surface area contributed by atoms with Gasteiger partial charge in [-0.25, -0.2) is 0 Å². The molecule has 0 unspecified atom stereocenters. The molecular weight excluding hydrogens is 264 g/mol. The van der Waals surface area contributed by atoms with E-state index in [0.717, 1.165) is 30.6 Å². The summed E-state index contributed by atoms with van der Waals surface area (Å²) in [6, 6.07) is 7.09. The van der Waals surface area contributed by atoms with Crippen molar-refractivity contribution >= 4 is 15.7 Å². The maximum Gasteiger partial charge on any atom is 0.278 e. The fraction of sp³-hybridized carbons (Fsp3) is 0.250. The summed E-state index contributed by atoms with van der Waals surface area (Å²) in [6.45, 7) is 1.63. The van der Waals surface area contributed by atoms with Gasteiger partial charge in [0.25, 0.3) is 10.0 Å². The first-order chi connectivity index (χ1) is 9.17. The molecule has 0 saturated heterocycles. The van der Waals surface area contributed by atoms with Crippen LogP contribution in [-0.2, 0) is 23.0 Å². The van der Waals surface area contributed by atoms with Gasteiger partial charge in [0, 0.05) is 6.54 Å². The molecule has 1 aliphatic rings. The Labute approximate surface area is 111 Å². The first kappa shape index (κ1) is 12.2. The minimum Gasteiger partial charge on any atom is -0.312 e. The number of hydrogen-bond acceptors (Lipinski definition) is 4. The van der Waals surface area contributed by atoms with Gasteiger partial charge in [0.15, 0.2) is 5.03 Å². The topological polar surface area (TPSA) is 86.9 Å². The van der Waals surface area contributed by atoms with E-state index in [1.807, 2.05) is 12.1 Å². The minimum absolute atomic E-state index is 0.0686. The van der Waals surface area contributed by atoms with Crippen molar-refractivity contribution in [3.8, 4) is 0 Å². The van der Waals surface area contributed by atoms with Gasteiger partial charge in [-0.2, -0.15) is 13.5 Å². The van der Waals surface area contributed by atoms with Crippen LogP contribution in [0.1, 0.15) is 11.1 Å². The molecule has 1 aromatic carbocycles. The molecule has 6 nitrogen and oxygen atoms in total. The summed E-state index contributed by atoms with van der Waals surface area (Å²) in [5.74, 6) is 0. The van der Waals surface area contributed by atoms with E-state index < -0.39 is 10.0 Å². The number of sulfonamides is 1. The van der Waals surface area contributed by atoms with Crippen LogP contribution < -0.4 is 10.0 Å². The van der Waals surface area contributed by atoms with Gasteiger partial charge in [0.05, 0.1) is 11.9 Å². The monoisotopic (exact) mass is 278 g/mol. The van der Waals surface area contributed by atoms with E-state index in [1.165, 1.54) is 12.3 Å². The van der Waals surface area contributed by atoms with Crippen LogP contribution in [0.5, 0.6) is 0 Å². The Kier molecular flexibility index (Phi) is 3.00. The number of H-pyrrole nitrogens is 1. The Balaban J connectivity index is 1.96. The molecule has 2 aromatic rings. The van der Waals surface area contributed by atoms with Gasteiger partial charge < -0.3 is 5.32 Å². The van der Waals surface area contributed by atoms with Gasteiger partial charge in [-0.15, -0.1) is 0 Å². The van der Waals surface area contributed by atoms with Crippen LogP contribution in [-0.4, -0.2) is 25.2 Å². The van der Waals surface area contributed by atoms with Crippen LogP contribution in [0.15, 0.2) is 35.5 Å². The Hall–Kier alpha value is -1.86. The molecule has 100 valence electrons. The number of rotatable bonds is 3. The maximum atomic E-state index is 12.2. The summed E-state index contributed by atoms with van der Waals surface area (Å²) in [6.07, 6.45) is 2.23. The van der Waals surface area contributed by atoms with Crippen molar-refractivity contribution in [1.29, 1.82) is 0 Å². The van der Waals surface area contributed by atoms with Crippen molar-refractivity contribution in [2.75, 3.05) is 11.3 Å².